The molecule has 9 nitrogen and oxygen atoms in total. The van der Waals surface area contributed by atoms with Crippen molar-refractivity contribution in [1.29, 1.82) is 0 Å². The third-order valence-corrected chi connectivity index (χ3v) is 11.8. The van der Waals surface area contributed by atoms with Crippen molar-refractivity contribution in [2.45, 2.75) is 225 Å². The molecule has 0 aromatic carbocycles. The second kappa shape index (κ2) is 44.2. The van der Waals surface area contributed by atoms with Gasteiger partial charge in [-0.2, -0.15) is 0 Å². The fourth-order valence-corrected chi connectivity index (χ4v) is 7.60. The molecule has 0 rings (SSSR count). The molecule has 0 saturated carbocycles. The SMILES string of the molecule is CCCCC/C=C\C/C=C\C/C=C\C/C=C\CCCCCC(=O)O[C@H](COC(=O)CCCCCCCCCCCCCCCCCCCCC)COP(=O)([O-])OCC[N+](C)(C)C. The molecular formula is C52H96NO8P. The monoisotopic (exact) mass is 894 g/mol. The molecule has 362 valence electrons. The first-order valence-corrected chi connectivity index (χ1v) is 26.8. The Kier molecular flexibility index (Phi) is 42.7. The molecule has 0 radical (unpaired) electrons. The maximum absolute atomic E-state index is 12.7. The minimum atomic E-state index is -4.64. The Labute approximate surface area is 382 Å². The lowest BCUT2D eigenvalue weighted by Crippen LogP contribution is -2.37. The Hall–Kier alpha value is -2.03. The second-order valence-electron chi connectivity index (χ2n) is 18.2. The van der Waals surface area contributed by atoms with Crippen LogP contribution in [0.15, 0.2) is 48.6 Å². The number of nitrogens with zero attached hydrogens (tertiary/aromatic N) is 1. The first kappa shape index (κ1) is 60.0. The molecule has 0 aromatic rings. The first-order chi connectivity index (χ1) is 30.0. The summed E-state index contributed by atoms with van der Waals surface area (Å²) in [4.78, 5) is 37.7. The molecule has 2 atom stereocenters. The lowest BCUT2D eigenvalue weighted by molar-refractivity contribution is -0.870. The van der Waals surface area contributed by atoms with Crippen molar-refractivity contribution in [1.82, 2.24) is 0 Å². The summed E-state index contributed by atoms with van der Waals surface area (Å²) in [6, 6.07) is 0. The fraction of sp³-hybridized carbons (Fsp3) is 0.808. The number of phosphoric ester groups is 1. The van der Waals surface area contributed by atoms with E-state index in [4.69, 9.17) is 18.5 Å². The van der Waals surface area contributed by atoms with Crippen LogP contribution in [0.2, 0.25) is 0 Å². The van der Waals surface area contributed by atoms with Gasteiger partial charge in [-0.15, -0.1) is 0 Å². The molecule has 0 heterocycles. The van der Waals surface area contributed by atoms with E-state index in [1.165, 1.54) is 128 Å². The summed E-state index contributed by atoms with van der Waals surface area (Å²) in [5, 5.41) is 0. The van der Waals surface area contributed by atoms with Crippen molar-refractivity contribution >= 4 is 19.8 Å². The number of carbonyl (C=O) groups is 2. The molecule has 0 saturated heterocycles. The lowest BCUT2D eigenvalue weighted by atomic mass is 10.0. The Morgan fingerprint density at radius 1 is 0.500 bits per heavy atom. The molecule has 0 amide bonds. The zero-order valence-electron chi connectivity index (χ0n) is 40.8. The van der Waals surface area contributed by atoms with E-state index in [1.54, 1.807) is 0 Å². The zero-order valence-corrected chi connectivity index (χ0v) is 41.7. The van der Waals surface area contributed by atoms with Crippen LogP contribution in [0, 0.1) is 0 Å². The highest BCUT2D eigenvalue weighted by atomic mass is 31.2. The number of likely N-dealkylation sites (N-methyl/N-ethyl adjacent to an activating group) is 1. The number of unbranched alkanes of at least 4 members (excludes halogenated alkanes) is 24. The number of ether oxygens (including phenoxy) is 2. The highest BCUT2D eigenvalue weighted by Gasteiger charge is 2.21. The van der Waals surface area contributed by atoms with Crippen LogP contribution in [0.4, 0.5) is 0 Å². The van der Waals surface area contributed by atoms with Gasteiger partial charge in [0.15, 0.2) is 6.10 Å². The standard InChI is InChI=1S/C52H96NO8P/c1-6-8-10-12-14-16-18-20-22-24-26-28-30-32-34-36-38-40-42-44-51(54)58-48-50(49-60-62(56,57)59-47-46-53(3,4)5)61-52(55)45-43-41-39-37-35-33-31-29-27-25-23-21-19-17-15-13-11-9-7-2/h15,17,21,23,27,29,33,35,50H,6-14,16,18-20,22,24-26,28,30-32,34,36-49H2,1-5H3/b17-15-,23-21-,29-27-,35-33-/t50-/m1/s1. The van der Waals surface area contributed by atoms with Crippen LogP contribution in [-0.4, -0.2) is 70.0 Å². The largest absolute Gasteiger partial charge is 0.756 e. The number of carbonyl (C=O) groups excluding carboxylic acids is 2. The topological polar surface area (TPSA) is 111 Å². The van der Waals surface area contributed by atoms with Crippen LogP contribution in [0.5, 0.6) is 0 Å². The predicted molar refractivity (Wildman–Crippen MR) is 259 cm³/mol. The number of esters is 2. The van der Waals surface area contributed by atoms with Gasteiger partial charge in [0.25, 0.3) is 7.82 Å². The summed E-state index contributed by atoms with van der Waals surface area (Å²) in [5.41, 5.74) is 0. The van der Waals surface area contributed by atoms with Gasteiger partial charge in [-0.05, 0) is 57.8 Å². The van der Waals surface area contributed by atoms with Crippen molar-refractivity contribution in [2.75, 3.05) is 47.5 Å². The van der Waals surface area contributed by atoms with Crippen molar-refractivity contribution in [2.24, 2.45) is 0 Å². The minimum absolute atomic E-state index is 0.0375. The van der Waals surface area contributed by atoms with Gasteiger partial charge >= 0.3 is 11.9 Å². The predicted octanol–water partition coefficient (Wildman–Crippen LogP) is 14.4. The fourth-order valence-electron chi connectivity index (χ4n) is 6.87. The van der Waals surface area contributed by atoms with Gasteiger partial charge in [-0.25, -0.2) is 0 Å². The van der Waals surface area contributed by atoms with Crippen LogP contribution in [0.1, 0.15) is 219 Å². The van der Waals surface area contributed by atoms with Gasteiger partial charge in [-0.3, -0.25) is 14.2 Å². The smallest absolute Gasteiger partial charge is 0.306 e. The number of hydrogen-bond donors (Lipinski definition) is 0. The van der Waals surface area contributed by atoms with Crippen LogP contribution in [0.3, 0.4) is 0 Å². The molecule has 0 aliphatic heterocycles. The quantitative estimate of drug-likeness (QED) is 0.0195. The second-order valence-corrected chi connectivity index (χ2v) is 19.6. The normalized spacial score (nSPS) is 13.8. The van der Waals surface area contributed by atoms with Gasteiger partial charge in [0, 0.05) is 12.8 Å². The van der Waals surface area contributed by atoms with E-state index >= 15 is 0 Å². The maximum Gasteiger partial charge on any atom is 0.306 e. The van der Waals surface area contributed by atoms with E-state index < -0.39 is 26.5 Å². The first-order valence-electron chi connectivity index (χ1n) is 25.3. The van der Waals surface area contributed by atoms with Gasteiger partial charge in [0.05, 0.1) is 27.7 Å². The maximum atomic E-state index is 12.7. The average molecular weight is 894 g/mol. The van der Waals surface area contributed by atoms with Gasteiger partial charge in [-0.1, -0.05) is 197 Å². The van der Waals surface area contributed by atoms with Crippen molar-refractivity contribution in [3.63, 3.8) is 0 Å². The molecule has 0 N–H and O–H groups in total. The summed E-state index contributed by atoms with van der Waals surface area (Å²) >= 11 is 0. The Bertz CT molecular complexity index is 1190. The van der Waals surface area contributed by atoms with Gasteiger partial charge < -0.3 is 27.9 Å². The summed E-state index contributed by atoms with van der Waals surface area (Å²) in [7, 11) is 1.15. The Morgan fingerprint density at radius 2 is 0.871 bits per heavy atom. The van der Waals surface area contributed by atoms with E-state index in [-0.39, 0.29) is 32.0 Å². The van der Waals surface area contributed by atoms with Crippen molar-refractivity contribution in [3.8, 4) is 0 Å². The molecule has 0 bridgehead atoms. The number of hydrogen-bond acceptors (Lipinski definition) is 8. The highest BCUT2D eigenvalue weighted by molar-refractivity contribution is 7.45. The molecule has 0 fully saturated rings. The van der Waals surface area contributed by atoms with Gasteiger partial charge in [0.2, 0.25) is 0 Å². The van der Waals surface area contributed by atoms with Gasteiger partial charge in [0.1, 0.15) is 19.8 Å². The van der Waals surface area contributed by atoms with Crippen LogP contribution >= 0.6 is 7.82 Å². The van der Waals surface area contributed by atoms with Crippen molar-refractivity contribution < 1.29 is 42.1 Å². The third kappa shape index (κ3) is 47.4. The molecule has 0 aliphatic carbocycles. The highest BCUT2D eigenvalue weighted by Crippen LogP contribution is 2.38. The summed E-state index contributed by atoms with van der Waals surface area (Å²) < 4.78 is 34.0. The summed E-state index contributed by atoms with van der Waals surface area (Å²) in [6.07, 6.45) is 52.8. The Morgan fingerprint density at radius 3 is 1.32 bits per heavy atom. The van der Waals surface area contributed by atoms with E-state index in [0.29, 0.717) is 17.4 Å². The average Bonchev–Trinajstić information content (AvgIpc) is 3.23. The zero-order chi connectivity index (χ0) is 45.7. The molecule has 62 heavy (non-hydrogen) atoms. The molecule has 0 spiro atoms. The molecule has 0 aromatic heterocycles. The summed E-state index contributed by atoms with van der Waals surface area (Å²) in [6.45, 7) is 4.19. The van der Waals surface area contributed by atoms with E-state index in [1.807, 2.05) is 21.1 Å². The van der Waals surface area contributed by atoms with E-state index in [9.17, 15) is 19.0 Å². The lowest BCUT2D eigenvalue weighted by Gasteiger charge is -2.28. The molecule has 0 aliphatic rings. The molecule has 10 heteroatoms. The summed E-state index contributed by atoms with van der Waals surface area (Å²) in [5.74, 6) is -0.864. The van der Waals surface area contributed by atoms with Crippen molar-refractivity contribution in [3.05, 3.63) is 48.6 Å². The molecule has 1 unspecified atom stereocenters. The van der Waals surface area contributed by atoms with E-state index in [2.05, 4.69) is 62.5 Å². The van der Waals surface area contributed by atoms with E-state index in [0.717, 1.165) is 57.8 Å². The Balaban J connectivity index is 4.32. The molecular weight excluding hydrogens is 798 g/mol. The van der Waals surface area contributed by atoms with Crippen LogP contribution < -0.4 is 4.89 Å². The number of quaternary nitrogens is 1. The number of rotatable bonds is 46. The number of phosphoric acid groups is 1. The number of allylic oxidation sites excluding steroid dienone is 8. The third-order valence-electron chi connectivity index (χ3n) is 10.9. The van der Waals surface area contributed by atoms with Crippen LogP contribution in [0.25, 0.3) is 0 Å². The minimum Gasteiger partial charge on any atom is -0.756 e. The van der Waals surface area contributed by atoms with Crippen LogP contribution in [-0.2, 0) is 32.7 Å².